The molecule has 0 spiro atoms. The van der Waals surface area contributed by atoms with Gasteiger partial charge in [0.2, 0.25) is 0 Å². The Morgan fingerprint density at radius 1 is 0.867 bits per heavy atom. The van der Waals surface area contributed by atoms with E-state index in [1.54, 1.807) is 12.1 Å². The molecule has 5 aliphatic rings. The molecule has 2 aromatic rings. The topological polar surface area (TPSA) is 71.4 Å². The predicted octanol–water partition coefficient (Wildman–Crippen LogP) is 2.79. The molecule has 1 aliphatic heterocycles. The lowest BCUT2D eigenvalue weighted by Gasteiger charge is -2.37. The summed E-state index contributed by atoms with van der Waals surface area (Å²) in [6.45, 7) is 4.06. The number of benzene rings is 1. The van der Waals surface area contributed by atoms with Crippen molar-refractivity contribution in [2.75, 3.05) is 0 Å². The minimum Gasteiger partial charge on any atom is -0.319 e. The maximum atomic E-state index is 13.0. The number of rotatable bonds is 3. The first-order valence-corrected chi connectivity index (χ1v) is 10.6. The molecule has 6 heteroatoms. The van der Waals surface area contributed by atoms with Gasteiger partial charge < -0.3 is 4.57 Å². The lowest BCUT2D eigenvalue weighted by molar-refractivity contribution is -0.143. The monoisotopic (exact) mass is 401 g/mol. The molecule has 1 saturated heterocycles. The van der Waals surface area contributed by atoms with Crippen LogP contribution < -0.4 is 5.43 Å². The van der Waals surface area contributed by atoms with Gasteiger partial charge in [0, 0.05) is 22.6 Å². The van der Waals surface area contributed by atoms with Gasteiger partial charge in [-0.1, -0.05) is 12.2 Å². The van der Waals surface area contributed by atoms with Crippen molar-refractivity contribution in [2.45, 2.75) is 20.3 Å². The zero-order chi connectivity index (χ0) is 20.7. The van der Waals surface area contributed by atoms with Crippen LogP contribution in [0.2, 0.25) is 0 Å². The highest BCUT2D eigenvalue weighted by Gasteiger charge is 2.67. The summed E-state index contributed by atoms with van der Waals surface area (Å²) < 4.78 is 2.11. The summed E-state index contributed by atoms with van der Waals surface area (Å²) in [5, 5.41) is 0.990. The van der Waals surface area contributed by atoms with Crippen LogP contribution in [0.4, 0.5) is 0 Å². The second-order valence-corrected chi connectivity index (χ2v) is 9.11. The Kier molecular flexibility index (Phi) is 3.50. The van der Waals surface area contributed by atoms with Crippen molar-refractivity contribution >= 4 is 17.7 Å². The van der Waals surface area contributed by atoms with Crippen LogP contribution in [0.1, 0.15) is 28.2 Å². The molecule has 1 aromatic heterocycles. The standard InChI is InChI=1S/C24H23N3O3/c1-12-3-4-13(2)26(12)15-7-5-14(6-8-15)22(28)25-27-23(29)20-16-9-10-17(19-11-18(16)19)21(20)24(27)30/h3-10,16-21H,11H2,1-2H3,(H,25,28)/t16-,17+,18+,19-,20-,21+. The van der Waals surface area contributed by atoms with Gasteiger partial charge in [-0.2, -0.15) is 5.01 Å². The van der Waals surface area contributed by atoms with Gasteiger partial charge in [-0.05, 0) is 80.3 Å². The van der Waals surface area contributed by atoms with Crippen LogP contribution in [0.25, 0.3) is 5.69 Å². The second-order valence-electron chi connectivity index (χ2n) is 9.11. The zero-order valence-electron chi connectivity index (χ0n) is 16.9. The molecule has 2 bridgehead atoms. The number of aryl methyl sites for hydroxylation is 2. The fourth-order valence-corrected chi connectivity index (χ4v) is 6.07. The van der Waals surface area contributed by atoms with E-state index in [1.807, 2.05) is 38.1 Å². The number of amides is 3. The SMILES string of the molecule is Cc1ccc(C)n1-c1ccc(C(=O)NN2C(=O)[C@@H]3[C@@H]4C=C[C@@H]([C@H]5C[C@@H]45)[C@@H]3C2=O)cc1. The van der Waals surface area contributed by atoms with Crippen molar-refractivity contribution in [3.8, 4) is 5.69 Å². The lowest BCUT2D eigenvalue weighted by Crippen LogP contribution is -2.46. The molecule has 7 rings (SSSR count). The third kappa shape index (κ3) is 2.27. The number of imide groups is 1. The second kappa shape index (κ2) is 5.94. The van der Waals surface area contributed by atoms with Crippen LogP contribution in [0.15, 0.2) is 48.6 Å². The highest BCUT2D eigenvalue weighted by atomic mass is 16.2. The lowest BCUT2D eigenvalue weighted by atomic mass is 9.63. The van der Waals surface area contributed by atoms with Crippen molar-refractivity contribution in [3.63, 3.8) is 0 Å². The maximum absolute atomic E-state index is 13.0. The average molecular weight is 401 g/mol. The van der Waals surface area contributed by atoms with E-state index in [0.717, 1.165) is 28.5 Å². The predicted molar refractivity (Wildman–Crippen MR) is 109 cm³/mol. The highest BCUT2D eigenvalue weighted by Crippen LogP contribution is 2.65. The Balaban J connectivity index is 1.22. The molecular weight excluding hydrogens is 378 g/mol. The molecule has 152 valence electrons. The number of nitrogens with zero attached hydrogens (tertiary/aromatic N) is 2. The molecule has 6 atom stereocenters. The Hall–Kier alpha value is -3.15. The van der Waals surface area contributed by atoms with Crippen molar-refractivity contribution in [1.82, 2.24) is 15.0 Å². The van der Waals surface area contributed by atoms with E-state index in [1.165, 1.54) is 0 Å². The van der Waals surface area contributed by atoms with Crippen LogP contribution >= 0.6 is 0 Å². The first-order chi connectivity index (χ1) is 14.5. The summed E-state index contributed by atoms with van der Waals surface area (Å²) >= 11 is 0. The summed E-state index contributed by atoms with van der Waals surface area (Å²) in [7, 11) is 0. The van der Waals surface area contributed by atoms with Gasteiger partial charge in [0.15, 0.2) is 0 Å². The fraction of sp³-hybridized carbons (Fsp3) is 0.375. The molecule has 0 unspecified atom stereocenters. The number of carbonyl (C=O) groups excluding carboxylic acids is 3. The van der Waals surface area contributed by atoms with Gasteiger partial charge in [-0.15, -0.1) is 0 Å². The van der Waals surface area contributed by atoms with E-state index in [-0.39, 0.29) is 35.5 Å². The van der Waals surface area contributed by atoms with Gasteiger partial charge in [0.25, 0.3) is 17.7 Å². The first kappa shape index (κ1) is 17.7. The number of hydrogen-bond acceptors (Lipinski definition) is 3. The number of aromatic nitrogens is 1. The highest BCUT2D eigenvalue weighted by molar-refractivity contribution is 6.08. The van der Waals surface area contributed by atoms with E-state index in [9.17, 15) is 14.4 Å². The summed E-state index contributed by atoms with van der Waals surface area (Å²) in [5.74, 6) is -0.169. The average Bonchev–Trinajstić information content (AvgIpc) is 3.46. The number of hydrogen-bond donors (Lipinski definition) is 1. The van der Waals surface area contributed by atoms with Crippen LogP contribution in [-0.2, 0) is 9.59 Å². The van der Waals surface area contributed by atoms with E-state index in [0.29, 0.717) is 17.4 Å². The number of hydrazine groups is 1. The van der Waals surface area contributed by atoms with Gasteiger partial charge in [-0.3, -0.25) is 19.8 Å². The molecule has 3 amide bonds. The molecule has 30 heavy (non-hydrogen) atoms. The smallest absolute Gasteiger partial charge is 0.270 e. The number of carbonyl (C=O) groups is 3. The van der Waals surface area contributed by atoms with Crippen LogP contribution in [-0.4, -0.2) is 27.3 Å². The van der Waals surface area contributed by atoms with E-state index >= 15 is 0 Å². The Morgan fingerprint density at radius 2 is 1.40 bits per heavy atom. The van der Waals surface area contributed by atoms with E-state index in [2.05, 4.69) is 22.1 Å². The Bertz CT molecular complexity index is 1070. The van der Waals surface area contributed by atoms with Crippen LogP contribution in [0.3, 0.4) is 0 Å². The van der Waals surface area contributed by atoms with Crippen LogP contribution in [0, 0.1) is 49.4 Å². The molecule has 2 saturated carbocycles. The van der Waals surface area contributed by atoms with E-state index < -0.39 is 5.91 Å². The minimum absolute atomic E-state index is 0.149. The number of nitrogens with one attached hydrogen (secondary N) is 1. The molecule has 1 aromatic carbocycles. The van der Waals surface area contributed by atoms with Gasteiger partial charge in [-0.25, -0.2) is 0 Å². The molecule has 0 radical (unpaired) electrons. The molecule has 2 heterocycles. The van der Waals surface area contributed by atoms with Gasteiger partial charge >= 0.3 is 0 Å². The third-order valence-corrected chi connectivity index (χ3v) is 7.53. The largest absolute Gasteiger partial charge is 0.319 e. The quantitative estimate of drug-likeness (QED) is 0.635. The maximum Gasteiger partial charge on any atom is 0.270 e. The molecular formula is C24H23N3O3. The van der Waals surface area contributed by atoms with Gasteiger partial charge in [0.05, 0.1) is 11.8 Å². The van der Waals surface area contributed by atoms with Crippen molar-refractivity contribution < 1.29 is 14.4 Å². The molecule has 4 aliphatic carbocycles. The first-order valence-electron chi connectivity index (χ1n) is 10.6. The van der Waals surface area contributed by atoms with Gasteiger partial charge in [0.1, 0.15) is 0 Å². The summed E-state index contributed by atoms with van der Waals surface area (Å²) in [6, 6.07) is 11.3. The number of allylic oxidation sites excluding steroid dienone is 2. The summed E-state index contributed by atoms with van der Waals surface area (Å²) in [4.78, 5) is 38.8. The summed E-state index contributed by atoms with van der Waals surface area (Å²) in [6.07, 6.45) is 5.37. The van der Waals surface area contributed by atoms with Crippen molar-refractivity contribution in [2.24, 2.45) is 35.5 Å². The van der Waals surface area contributed by atoms with Crippen molar-refractivity contribution in [3.05, 3.63) is 65.5 Å². The Morgan fingerprint density at radius 3 is 1.93 bits per heavy atom. The fourth-order valence-electron chi connectivity index (χ4n) is 6.07. The zero-order valence-corrected chi connectivity index (χ0v) is 16.9. The summed E-state index contributed by atoms with van der Waals surface area (Å²) in [5.41, 5.74) is 6.20. The normalized spacial score (nSPS) is 32.9. The third-order valence-electron chi connectivity index (χ3n) is 7.53. The van der Waals surface area contributed by atoms with E-state index in [4.69, 9.17) is 0 Å². The minimum atomic E-state index is -0.437. The molecule has 1 N–H and O–H groups in total. The van der Waals surface area contributed by atoms with Crippen molar-refractivity contribution in [1.29, 1.82) is 0 Å². The molecule has 3 fully saturated rings. The molecule has 6 nitrogen and oxygen atoms in total. The van der Waals surface area contributed by atoms with Crippen LogP contribution in [0.5, 0.6) is 0 Å². The Labute approximate surface area is 174 Å².